The molecule has 0 bridgehead atoms. The zero-order valence-electron chi connectivity index (χ0n) is 8.35. The van der Waals surface area contributed by atoms with Crippen LogP contribution in [0.3, 0.4) is 0 Å². The predicted octanol–water partition coefficient (Wildman–Crippen LogP) is 2.26. The van der Waals surface area contributed by atoms with Gasteiger partial charge in [-0.05, 0) is 27.2 Å². The molecule has 0 aliphatic carbocycles. The number of nitrogens with zero attached hydrogens (tertiary/aromatic N) is 1. The molecule has 1 heterocycles. The lowest BCUT2D eigenvalue weighted by Crippen LogP contribution is -2.38. The van der Waals surface area contributed by atoms with Crippen LogP contribution in [0.15, 0.2) is 4.99 Å². The number of hydrogen-bond donors (Lipinski definition) is 1. The minimum atomic E-state index is 0.147. The Morgan fingerprint density at radius 2 is 2.25 bits per heavy atom. The molecule has 0 aromatic heterocycles. The van der Waals surface area contributed by atoms with Crippen LogP contribution in [0.1, 0.15) is 34.1 Å². The molecule has 70 valence electrons. The van der Waals surface area contributed by atoms with E-state index in [4.69, 9.17) is 0 Å². The second kappa shape index (κ2) is 3.69. The molecule has 0 radical (unpaired) electrons. The molecule has 0 saturated carbocycles. The van der Waals surface area contributed by atoms with Crippen molar-refractivity contribution >= 4 is 16.9 Å². The molecule has 1 unspecified atom stereocenters. The summed E-state index contributed by atoms with van der Waals surface area (Å²) in [5.41, 5.74) is 0.147. The summed E-state index contributed by atoms with van der Waals surface area (Å²) in [6.07, 6.45) is 1.21. The molecule has 0 aromatic rings. The molecular formula is C9H18N2S. The zero-order chi connectivity index (χ0) is 9.19. The summed E-state index contributed by atoms with van der Waals surface area (Å²) in [4.78, 5) is 4.44. The van der Waals surface area contributed by atoms with Gasteiger partial charge in [-0.1, -0.05) is 18.7 Å². The van der Waals surface area contributed by atoms with Crippen LogP contribution < -0.4 is 5.32 Å². The topological polar surface area (TPSA) is 24.4 Å². The fraction of sp³-hybridized carbons (Fsp3) is 0.889. The molecule has 0 fully saturated rings. The average molecular weight is 186 g/mol. The molecule has 1 N–H and O–H groups in total. The SMILES string of the molecule is CCC1CN=C(NC(C)(C)C)S1. The van der Waals surface area contributed by atoms with E-state index in [1.54, 1.807) is 0 Å². The zero-order valence-corrected chi connectivity index (χ0v) is 9.16. The monoisotopic (exact) mass is 186 g/mol. The summed E-state index contributed by atoms with van der Waals surface area (Å²) < 4.78 is 0. The van der Waals surface area contributed by atoms with Crippen LogP contribution in [-0.2, 0) is 0 Å². The maximum absolute atomic E-state index is 4.44. The number of rotatable bonds is 1. The standard InChI is InChI=1S/C9H18N2S/c1-5-7-6-10-8(12-7)11-9(2,3)4/h7H,5-6H2,1-4H3,(H,10,11). The molecule has 1 rings (SSSR count). The molecule has 0 spiro atoms. The van der Waals surface area contributed by atoms with E-state index in [-0.39, 0.29) is 5.54 Å². The molecule has 1 aliphatic heterocycles. The van der Waals surface area contributed by atoms with Crippen LogP contribution in [0.5, 0.6) is 0 Å². The van der Waals surface area contributed by atoms with E-state index in [0.717, 1.165) is 11.7 Å². The fourth-order valence-corrected chi connectivity index (χ4v) is 2.17. The maximum atomic E-state index is 4.44. The first-order valence-electron chi connectivity index (χ1n) is 4.50. The third kappa shape index (κ3) is 3.05. The van der Waals surface area contributed by atoms with Crippen LogP contribution >= 0.6 is 11.8 Å². The van der Waals surface area contributed by atoms with Crippen LogP contribution in [0.2, 0.25) is 0 Å². The van der Waals surface area contributed by atoms with Gasteiger partial charge in [-0.15, -0.1) is 0 Å². The second-order valence-corrected chi connectivity index (χ2v) is 5.46. The highest BCUT2D eigenvalue weighted by Gasteiger charge is 2.21. The first-order chi connectivity index (χ1) is 5.51. The van der Waals surface area contributed by atoms with E-state index < -0.39 is 0 Å². The first kappa shape index (κ1) is 9.90. The maximum Gasteiger partial charge on any atom is 0.157 e. The molecule has 2 nitrogen and oxygen atoms in total. The molecule has 1 aliphatic rings. The van der Waals surface area contributed by atoms with Crippen LogP contribution in [-0.4, -0.2) is 22.5 Å². The quantitative estimate of drug-likeness (QED) is 0.679. The average Bonchev–Trinajstić information content (AvgIpc) is 2.32. The summed E-state index contributed by atoms with van der Waals surface area (Å²) in [7, 11) is 0. The largest absolute Gasteiger partial charge is 0.360 e. The lowest BCUT2D eigenvalue weighted by Gasteiger charge is -2.21. The molecule has 0 aromatic carbocycles. The Morgan fingerprint density at radius 1 is 1.58 bits per heavy atom. The lowest BCUT2D eigenvalue weighted by atomic mass is 10.1. The normalized spacial score (nSPS) is 24.0. The summed E-state index contributed by atoms with van der Waals surface area (Å²) in [6, 6.07) is 0. The van der Waals surface area contributed by atoms with E-state index in [9.17, 15) is 0 Å². The first-order valence-corrected chi connectivity index (χ1v) is 5.38. The van der Waals surface area contributed by atoms with Gasteiger partial charge in [0.15, 0.2) is 5.17 Å². The third-order valence-corrected chi connectivity index (χ3v) is 2.92. The highest BCUT2D eigenvalue weighted by atomic mass is 32.2. The number of aliphatic imine (C=N–C) groups is 1. The van der Waals surface area contributed by atoms with Gasteiger partial charge in [0.1, 0.15) is 0 Å². The summed E-state index contributed by atoms with van der Waals surface area (Å²) in [5.74, 6) is 0. The van der Waals surface area contributed by atoms with Gasteiger partial charge < -0.3 is 5.32 Å². The van der Waals surface area contributed by atoms with E-state index >= 15 is 0 Å². The van der Waals surface area contributed by atoms with Crippen LogP contribution in [0, 0.1) is 0 Å². The van der Waals surface area contributed by atoms with Gasteiger partial charge in [0, 0.05) is 10.8 Å². The molecule has 12 heavy (non-hydrogen) atoms. The van der Waals surface area contributed by atoms with E-state index in [0.29, 0.717) is 5.25 Å². The smallest absolute Gasteiger partial charge is 0.157 e. The second-order valence-electron chi connectivity index (χ2n) is 4.17. The minimum absolute atomic E-state index is 0.147. The number of hydrogen-bond acceptors (Lipinski definition) is 3. The Morgan fingerprint density at radius 3 is 2.67 bits per heavy atom. The van der Waals surface area contributed by atoms with Crippen molar-refractivity contribution < 1.29 is 0 Å². The van der Waals surface area contributed by atoms with Gasteiger partial charge in [-0.2, -0.15) is 0 Å². The van der Waals surface area contributed by atoms with Gasteiger partial charge in [-0.3, -0.25) is 4.99 Å². The van der Waals surface area contributed by atoms with Crippen molar-refractivity contribution in [2.24, 2.45) is 4.99 Å². The van der Waals surface area contributed by atoms with Crippen molar-refractivity contribution in [3.8, 4) is 0 Å². The van der Waals surface area contributed by atoms with Crippen molar-refractivity contribution in [1.82, 2.24) is 5.32 Å². The number of amidine groups is 1. The van der Waals surface area contributed by atoms with Gasteiger partial charge in [0.25, 0.3) is 0 Å². The summed E-state index contributed by atoms with van der Waals surface area (Å²) in [6.45, 7) is 9.69. The Kier molecular flexibility index (Phi) is 3.04. The molecule has 0 amide bonds. The summed E-state index contributed by atoms with van der Waals surface area (Å²) in [5, 5.41) is 5.22. The van der Waals surface area contributed by atoms with E-state index in [1.807, 2.05) is 11.8 Å². The van der Waals surface area contributed by atoms with Crippen LogP contribution in [0.25, 0.3) is 0 Å². The highest BCUT2D eigenvalue weighted by molar-refractivity contribution is 8.14. The van der Waals surface area contributed by atoms with Crippen molar-refractivity contribution in [1.29, 1.82) is 0 Å². The molecule has 1 atom stereocenters. The number of thioether (sulfide) groups is 1. The number of nitrogens with one attached hydrogen (secondary N) is 1. The van der Waals surface area contributed by atoms with Gasteiger partial charge in [0.05, 0.1) is 6.54 Å². The lowest BCUT2D eigenvalue weighted by molar-refractivity contribution is 0.515. The molecule has 0 saturated heterocycles. The Bertz CT molecular complexity index is 181. The van der Waals surface area contributed by atoms with Crippen molar-refractivity contribution in [2.45, 2.75) is 44.9 Å². The summed E-state index contributed by atoms with van der Waals surface area (Å²) >= 11 is 1.88. The molecular weight excluding hydrogens is 168 g/mol. The third-order valence-electron chi connectivity index (χ3n) is 1.65. The van der Waals surface area contributed by atoms with Gasteiger partial charge in [0.2, 0.25) is 0 Å². The van der Waals surface area contributed by atoms with Crippen molar-refractivity contribution in [3.05, 3.63) is 0 Å². The van der Waals surface area contributed by atoms with E-state index in [1.165, 1.54) is 6.42 Å². The Hall–Kier alpha value is -0.180. The Balaban J connectivity index is 2.37. The van der Waals surface area contributed by atoms with Gasteiger partial charge >= 0.3 is 0 Å². The minimum Gasteiger partial charge on any atom is -0.360 e. The highest BCUT2D eigenvalue weighted by Crippen LogP contribution is 2.23. The molecule has 3 heteroatoms. The van der Waals surface area contributed by atoms with Crippen molar-refractivity contribution in [3.63, 3.8) is 0 Å². The van der Waals surface area contributed by atoms with Crippen molar-refractivity contribution in [2.75, 3.05) is 6.54 Å². The fourth-order valence-electron chi connectivity index (χ4n) is 1.02. The predicted molar refractivity (Wildman–Crippen MR) is 56.9 cm³/mol. The Labute approximate surface area is 79.2 Å². The van der Waals surface area contributed by atoms with Crippen LogP contribution in [0.4, 0.5) is 0 Å². The van der Waals surface area contributed by atoms with E-state index in [2.05, 4.69) is 38.0 Å². The van der Waals surface area contributed by atoms with Gasteiger partial charge in [-0.25, -0.2) is 0 Å².